The highest BCUT2D eigenvalue weighted by molar-refractivity contribution is 7.92. The second-order valence-corrected chi connectivity index (χ2v) is 6.51. The molecule has 2 N–H and O–H groups in total. The molecule has 114 valence electrons. The maximum Gasteiger partial charge on any atom is 0.232 e. The van der Waals surface area contributed by atoms with E-state index in [0.29, 0.717) is 12.1 Å². The van der Waals surface area contributed by atoms with Gasteiger partial charge in [-0.2, -0.15) is 0 Å². The van der Waals surface area contributed by atoms with E-state index in [2.05, 4.69) is 10.0 Å². The molecule has 1 aromatic rings. The van der Waals surface area contributed by atoms with Gasteiger partial charge in [0, 0.05) is 5.69 Å². The van der Waals surface area contributed by atoms with Crippen molar-refractivity contribution in [1.29, 1.82) is 0 Å². The molecule has 0 fully saturated rings. The Balaban J connectivity index is 2.51. The Kier molecular flexibility index (Phi) is 6.81. The van der Waals surface area contributed by atoms with E-state index in [4.69, 9.17) is 4.74 Å². The molecule has 0 radical (unpaired) electrons. The first kappa shape index (κ1) is 16.8. The summed E-state index contributed by atoms with van der Waals surface area (Å²) in [6.45, 7) is 5.68. The van der Waals surface area contributed by atoms with Crippen LogP contribution in [0.25, 0.3) is 0 Å². The van der Waals surface area contributed by atoms with Gasteiger partial charge in [0.1, 0.15) is 5.75 Å². The summed E-state index contributed by atoms with van der Waals surface area (Å²) < 4.78 is 31.6. The van der Waals surface area contributed by atoms with E-state index in [1.807, 2.05) is 13.8 Å². The number of anilines is 1. The fourth-order valence-electron chi connectivity index (χ4n) is 1.89. The van der Waals surface area contributed by atoms with Crippen molar-refractivity contribution in [3.05, 3.63) is 23.8 Å². The van der Waals surface area contributed by atoms with E-state index in [-0.39, 0.29) is 5.75 Å². The summed E-state index contributed by atoms with van der Waals surface area (Å²) in [5.41, 5.74) is 1.48. The summed E-state index contributed by atoms with van der Waals surface area (Å²) >= 11 is 0. The van der Waals surface area contributed by atoms with Crippen LogP contribution in [0.2, 0.25) is 0 Å². The number of nitrogens with one attached hydrogen (secondary N) is 2. The predicted molar refractivity (Wildman–Crippen MR) is 82.9 cm³/mol. The van der Waals surface area contributed by atoms with Crippen molar-refractivity contribution < 1.29 is 13.2 Å². The minimum Gasteiger partial charge on any atom is -0.496 e. The zero-order valence-corrected chi connectivity index (χ0v) is 13.2. The first-order valence-corrected chi connectivity index (χ1v) is 8.49. The lowest BCUT2D eigenvalue weighted by atomic mass is 10.2. The lowest BCUT2D eigenvalue weighted by Gasteiger charge is -2.10. The van der Waals surface area contributed by atoms with Crippen molar-refractivity contribution in [2.75, 3.05) is 30.7 Å². The molecule has 0 unspecified atom stereocenters. The van der Waals surface area contributed by atoms with Gasteiger partial charge in [0.05, 0.1) is 12.9 Å². The van der Waals surface area contributed by atoms with Crippen molar-refractivity contribution in [2.24, 2.45) is 0 Å². The molecule has 0 aliphatic carbocycles. The normalized spacial score (nSPS) is 11.3. The van der Waals surface area contributed by atoms with E-state index in [1.54, 1.807) is 25.3 Å². The van der Waals surface area contributed by atoms with Crippen LogP contribution < -0.4 is 14.8 Å². The molecule has 0 saturated carbocycles. The smallest absolute Gasteiger partial charge is 0.232 e. The number of ether oxygens (including phenoxy) is 1. The standard InChI is InChI=1S/C14H24N2O3S/c1-4-15-9-5-6-10-20(17,18)16-13-7-8-14(19-3)12(2)11-13/h7-8,11,15-16H,4-6,9-10H2,1-3H3. The number of aryl methyl sites for hydroxylation is 1. The quantitative estimate of drug-likeness (QED) is 0.686. The van der Waals surface area contributed by atoms with Gasteiger partial charge in [0.25, 0.3) is 0 Å². The average Bonchev–Trinajstić information content (AvgIpc) is 2.38. The summed E-state index contributed by atoms with van der Waals surface area (Å²) in [7, 11) is -1.68. The van der Waals surface area contributed by atoms with Crippen molar-refractivity contribution >= 4 is 15.7 Å². The van der Waals surface area contributed by atoms with Gasteiger partial charge < -0.3 is 10.1 Å². The van der Waals surface area contributed by atoms with Crippen LogP contribution in [0.5, 0.6) is 5.75 Å². The highest BCUT2D eigenvalue weighted by atomic mass is 32.2. The number of hydrogen-bond acceptors (Lipinski definition) is 4. The van der Waals surface area contributed by atoms with Gasteiger partial charge in [0.15, 0.2) is 0 Å². The SMILES string of the molecule is CCNCCCCS(=O)(=O)Nc1ccc(OC)c(C)c1. The minimum absolute atomic E-state index is 0.142. The van der Waals surface area contributed by atoms with Gasteiger partial charge in [-0.25, -0.2) is 8.42 Å². The van der Waals surface area contributed by atoms with Crippen LogP contribution in [0.1, 0.15) is 25.3 Å². The molecule has 1 aromatic carbocycles. The zero-order chi connectivity index (χ0) is 15.0. The predicted octanol–water partition coefficient (Wildman–Crippen LogP) is 2.14. The van der Waals surface area contributed by atoms with Crippen molar-refractivity contribution in [3.63, 3.8) is 0 Å². The van der Waals surface area contributed by atoms with Gasteiger partial charge >= 0.3 is 0 Å². The van der Waals surface area contributed by atoms with E-state index >= 15 is 0 Å². The molecular weight excluding hydrogens is 276 g/mol. The molecule has 0 amide bonds. The van der Waals surface area contributed by atoms with E-state index in [1.165, 1.54) is 0 Å². The molecule has 0 bridgehead atoms. The Morgan fingerprint density at radius 2 is 2.00 bits per heavy atom. The molecule has 20 heavy (non-hydrogen) atoms. The third kappa shape index (κ3) is 5.79. The highest BCUT2D eigenvalue weighted by Gasteiger charge is 2.10. The number of rotatable bonds is 9. The fraction of sp³-hybridized carbons (Fsp3) is 0.571. The second-order valence-electron chi connectivity index (χ2n) is 4.67. The van der Waals surface area contributed by atoms with Gasteiger partial charge in [-0.3, -0.25) is 4.72 Å². The third-order valence-corrected chi connectivity index (χ3v) is 4.31. The number of unbranched alkanes of at least 4 members (excludes halogenated alkanes) is 1. The molecule has 0 aromatic heterocycles. The summed E-state index contributed by atoms with van der Waals surface area (Å²) in [4.78, 5) is 0. The van der Waals surface area contributed by atoms with Gasteiger partial charge in [0.2, 0.25) is 10.0 Å². The van der Waals surface area contributed by atoms with Crippen LogP contribution in [-0.4, -0.2) is 34.4 Å². The Bertz CT molecular complexity index is 515. The number of benzene rings is 1. The van der Waals surface area contributed by atoms with Crippen LogP contribution in [0.4, 0.5) is 5.69 Å². The van der Waals surface area contributed by atoms with Crippen LogP contribution in [0.15, 0.2) is 18.2 Å². The van der Waals surface area contributed by atoms with E-state index in [9.17, 15) is 8.42 Å². The fourth-order valence-corrected chi connectivity index (χ4v) is 3.06. The molecule has 0 aliphatic rings. The van der Waals surface area contributed by atoms with Crippen molar-refractivity contribution in [2.45, 2.75) is 26.7 Å². The Morgan fingerprint density at radius 1 is 1.25 bits per heavy atom. The number of methoxy groups -OCH3 is 1. The monoisotopic (exact) mass is 300 g/mol. The van der Waals surface area contributed by atoms with Crippen LogP contribution >= 0.6 is 0 Å². The van der Waals surface area contributed by atoms with Crippen LogP contribution in [-0.2, 0) is 10.0 Å². The van der Waals surface area contributed by atoms with Crippen molar-refractivity contribution in [3.8, 4) is 5.75 Å². The van der Waals surface area contributed by atoms with Gasteiger partial charge in [-0.15, -0.1) is 0 Å². The topological polar surface area (TPSA) is 67.4 Å². The highest BCUT2D eigenvalue weighted by Crippen LogP contribution is 2.22. The average molecular weight is 300 g/mol. The summed E-state index contributed by atoms with van der Waals surface area (Å²) in [5, 5.41) is 3.18. The Labute approximate surface area is 121 Å². The number of hydrogen-bond donors (Lipinski definition) is 2. The lowest BCUT2D eigenvalue weighted by Crippen LogP contribution is -2.19. The maximum atomic E-state index is 11.9. The first-order chi connectivity index (χ1) is 9.48. The minimum atomic E-state index is -3.28. The van der Waals surface area contributed by atoms with Crippen LogP contribution in [0, 0.1) is 6.92 Å². The molecule has 0 spiro atoms. The molecule has 0 atom stereocenters. The van der Waals surface area contributed by atoms with Gasteiger partial charge in [-0.1, -0.05) is 6.92 Å². The molecule has 0 aliphatic heterocycles. The third-order valence-electron chi connectivity index (χ3n) is 2.93. The summed E-state index contributed by atoms with van der Waals surface area (Å²) in [5.74, 6) is 0.891. The molecular formula is C14H24N2O3S. The van der Waals surface area contributed by atoms with Gasteiger partial charge in [-0.05, 0) is 56.6 Å². The largest absolute Gasteiger partial charge is 0.496 e. The maximum absolute atomic E-state index is 11.9. The Hall–Kier alpha value is -1.27. The Morgan fingerprint density at radius 3 is 2.60 bits per heavy atom. The van der Waals surface area contributed by atoms with E-state index in [0.717, 1.165) is 30.8 Å². The first-order valence-electron chi connectivity index (χ1n) is 6.84. The molecule has 6 heteroatoms. The lowest BCUT2D eigenvalue weighted by molar-refractivity contribution is 0.412. The molecule has 1 rings (SSSR count). The summed E-state index contributed by atoms with van der Waals surface area (Å²) in [6.07, 6.45) is 1.51. The van der Waals surface area contributed by atoms with Crippen LogP contribution in [0.3, 0.4) is 0 Å². The molecule has 0 saturated heterocycles. The molecule has 0 heterocycles. The summed E-state index contributed by atoms with van der Waals surface area (Å²) in [6, 6.07) is 5.25. The molecule has 5 nitrogen and oxygen atoms in total. The van der Waals surface area contributed by atoms with E-state index < -0.39 is 10.0 Å². The van der Waals surface area contributed by atoms with Crippen molar-refractivity contribution in [1.82, 2.24) is 5.32 Å². The number of sulfonamides is 1. The second kappa shape index (κ2) is 8.11. The zero-order valence-electron chi connectivity index (χ0n) is 12.4.